The molecule has 0 amide bonds. The van der Waals surface area contributed by atoms with Crippen LogP contribution in [0.2, 0.25) is 0 Å². The van der Waals surface area contributed by atoms with E-state index in [9.17, 15) is 0 Å². The van der Waals surface area contributed by atoms with Gasteiger partial charge < -0.3 is 14.0 Å². The summed E-state index contributed by atoms with van der Waals surface area (Å²) in [5.74, 6) is 2.75. The number of rotatable bonds is 5. The van der Waals surface area contributed by atoms with Gasteiger partial charge in [-0.25, -0.2) is 4.98 Å². The molecule has 2 aromatic rings. The van der Waals surface area contributed by atoms with Crippen molar-refractivity contribution in [3.8, 4) is 11.5 Å². The van der Waals surface area contributed by atoms with Crippen molar-refractivity contribution >= 4 is 22.6 Å². The number of ether oxygens (including phenoxy) is 2. The van der Waals surface area contributed by atoms with E-state index in [1.165, 1.54) is 19.3 Å². The van der Waals surface area contributed by atoms with Crippen LogP contribution in [0.1, 0.15) is 32.0 Å². The Labute approximate surface area is 130 Å². The van der Waals surface area contributed by atoms with Gasteiger partial charge in [-0.1, -0.05) is 13.3 Å². The van der Waals surface area contributed by atoms with Crippen molar-refractivity contribution in [1.82, 2.24) is 9.55 Å². The van der Waals surface area contributed by atoms with Crippen molar-refractivity contribution in [3.63, 3.8) is 0 Å². The summed E-state index contributed by atoms with van der Waals surface area (Å²) in [7, 11) is 3.29. The van der Waals surface area contributed by atoms with Gasteiger partial charge in [-0.15, -0.1) is 11.6 Å². The third-order valence-corrected chi connectivity index (χ3v) is 4.79. The molecule has 1 saturated carbocycles. The molecule has 1 heterocycles. The third kappa shape index (κ3) is 2.46. The highest BCUT2D eigenvalue weighted by Gasteiger charge is 2.33. The average Bonchev–Trinajstić information content (AvgIpc) is 2.80. The van der Waals surface area contributed by atoms with Crippen LogP contribution in [0.3, 0.4) is 0 Å². The van der Waals surface area contributed by atoms with Gasteiger partial charge in [0.05, 0.1) is 31.1 Å². The summed E-state index contributed by atoms with van der Waals surface area (Å²) >= 11 is 6.10. The van der Waals surface area contributed by atoms with Gasteiger partial charge in [0.15, 0.2) is 11.5 Å². The maximum atomic E-state index is 6.10. The molecular formula is C16H21ClN2O2. The van der Waals surface area contributed by atoms with Crippen LogP contribution in [0.5, 0.6) is 11.5 Å². The molecule has 21 heavy (non-hydrogen) atoms. The Morgan fingerprint density at radius 3 is 2.43 bits per heavy atom. The second kappa shape index (κ2) is 5.41. The molecule has 1 aliphatic rings. The molecule has 0 unspecified atom stereocenters. The van der Waals surface area contributed by atoms with Crippen molar-refractivity contribution in [2.45, 2.75) is 38.6 Å². The fourth-order valence-corrected chi connectivity index (χ4v) is 3.30. The van der Waals surface area contributed by atoms with Crippen LogP contribution >= 0.6 is 11.6 Å². The standard InChI is InChI=1S/C16H21ClN2O2/c1-16(5-4-6-16)10-19-12-8-14(21-3)13(20-2)7-11(12)18-15(19)9-17/h7-8H,4-6,9-10H2,1-3H3. The van der Waals surface area contributed by atoms with Gasteiger partial charge in [0, 0.05) is 18.7 Å². The highest BCUT2D eigenvalue weighted by molar-refractivity contribution is 6.16. The van der Waals surface area contributed by atoms with E-state index in [0.29, 0.717) is 17.0 Å². The van der Waals surface area contributed by atoms with Gasteiger partial charge in [0.1, 0.15) is 5.82 Å². The molecule has 0 atom stereocenters. The SMILES string of the molecule is COc1cc2nc(CCl)n(CC3(C)CCC3)c2cc1OC. The highest BCUT2D eigenvalue weighted by Crippen LogP contribution is 2.43. The monoisotopic (exact) mass is 308 g/mol. The fourth-order valence-electron chi connectivity index (χ4n) is 3.10. The maximum Gasteiger partial charge on any atom is 0.163 e. The lowest BCUT2D eigenvalue weighted by Crippen LogP contribution is -2.31. The van der Waals surface area contributed by atoms with E-state index < -0.39 is 0 Å². The van der Waals surface area contributed by atoms with Crippen LogP contribution < -0.4 is 9.47 Å². The molecule has 3 rings (SSSR count). The lowest BCUT2D eigenvalue weighted by molar-refractivity contribution is 0.133. The molecule has 0 bridgehead atoms. The summed E-state index contributed by atoms with van der Waals surface area (Å²) < 4.78 is 13.0. The number of nitrogens with zero attached hydrogens (tertiary/aromatic N) is 2. The Morgan fingerprint density at radius 1 is 1.24 bits per heavy atom. The van der Waals surface area contributed by atoms with Gasteiger partial charge in [-0.05, 0) is 18.3 Å². The minimum atomic E-state index is 0.363. The Bertz CT molecular complexity index is 662. The number of alkyl halides is 1. The molecule has 1 aliphatic carbocycles. The second-order valence-electron chi connectivity index (χ2n) is 6.11. The van der Waals surface area contributed by atoms with E-state index in [1.807, 2.05) is 12.1 Å². The normalized spacial score (nSPS) is 16.8. The van der Waals surface area contributed by atoms with Crippen molar-refractivity contribution < 1.29 is 9.47 Å². The van der Waals surface area contributed by atoms with Crippen LogP contribution in [-0.4, -0.2) is 23.8 Å². The van der Waals surface area contributed by atoms with Crippen molar-refractivity contribution in [2.24, 2.45) is 5.41 Å². The number of imidazole rings is 1. The Morgan fingerprint density at radius 2 is 1.90 bits per heavy atom. The first-order valence-corrected chi connectivity index (χ1v) is 7.81. The molecule has 1 aromatic heterocycles. The molecule has 0 saturated heterocycles. The maximum absolute atomic E-state index is 6.10. The molecule has 5 heteroatoms. The quantitative estimate of drug-likeness (QED) is 0.784. The zero-order valence-electron chi connectivity index (χ0n) is 12.8. The molecular weight excluding hydrogens is 288 g/mol. The lowest BCUT2D eigenvalue weighted by atomic mass is 9.70. The first kappa shape index (κ1) is 14.5. The summed E-state index contributed by atoms with van der Waals surface area (Å²) in [5, 5.41) is 0. The van der Waals surface area contributed by atoms with Gasteiger partial charge in [-0.3, -0.25) is 0 Å². The number of fused-ring (bicyclic) bond motifs is 1. The van der Waals surface area contributed by atoms with Crippen molar-refractivity contribution in [2.75, 3.05) is 14.2 Å². The van der Waals surface area contributed by atoms with E-state index in [4.69, 9.17) is 21.1 Å². The summed E-state index contributed by atoms with van der Waals surface area (Å²) in [6.07, 6.45) is 3.85. The van der Waals surface area contributed by atoms with Crippen LogP contribution in [-0.2, 0) is 12.4 Å². The molecule has 0 spiro atoms. The number of hydrogen-bond acceptors (Lipinski definition) is 3. The molecule has 114 valence electrons. The van der Waals surface area contributed by atoms with Gasteiger partial charge in [-0.2, -0.15) is 0 Å². The van der Waals surface area contributed by atoms with Crippen LogP contribution in [0.4, 0.5) is 0 Å². The first-order chi connectivity index (χ1) is 10.1. The van der Waals surface area contributed by atoms with E-state index >= 15 is 0 Å². The van der Waals surface area contributed by atoms with Crippen molar-refractivity contribution in [1.29, 1.82) is 0 Å². The van der Waals surface area contributed by atoms with Crippen molar-refractivity contribution in [3.05, 3.63) is 18.0 Å². The van der Waals surface area contributed by atoms with Gasteiger partial charge >= 0.3 is 0 Å². The minimum Gasteiger partial charge on any atom is -0.493 e. The largest absolute Gasteiger partial charge is 0.493 e. The van der Waals surface area contributed by atoms with E-state index in [-0.39, 0.29) is 0 Å². The zero-order valence-corrected chi connectivity index (χ0v) is 13.5. The Hall–Kier alpha value is -1.42. The number of hydrogen-bond donors (Lipinski definition) is 0. The summed E-state index contributed by atoms with van der Waals surface area (Å²) in [6, 6.07) is 3.92. The Kier molecular flexibility index (Phi) is 3.74. The molecule has 1 fully saturated rings. The average molecular weight is 309 g/mol. The predicted octanol–water partition coefficient (Wildman–Crippen LogP) is 3.98. The zero-order chi connectivity index (χ0) is 15.0. The highest BCUT2D eigenvalue weighted by atomic mass is 35.5. The van der Waals surface area contributed by atoms with Gasteiger partial charge in [0.25, 0.3) is 0 Å². The Balaban J connectivity index is 2.12. The fraction of sp³-hybridized carbons (Fsp3) is 0.562. The lowest BCUT2D eigenvalue weighted by Gasteiger charge is -2.39. The number of methoxy groups -OCH3 is 2. The second-order valence-corrected chi connectivity index (χ2v) is 6.38. The van der Waals surface area contributed by atoms with Crippen LogP contribution in [0.15, 0.2) is 12.1 Å². The van der Waals surface area contributed by atoms with Crippen LogP contribution in [0.25, 0.3) is 11.0 Å². The molecule has 4 nitrogen and oxygen atoms in total. The summed E-state index contributed by atoms with van der Waals surface area (Å²) in [5.41, 5.74) is 2.34. The van der Waals surface area contributed by atoms with E-state index in [2.05, 4.69) is 16.5 Å². The number of halogens is 1. The number of benzene rings is 1. The summed E-state index contributed by atoms with van der Waals surface area (Å²) in [4.78, 5) is 4.65. The van der Waals surface area contributed by atoms with E-state index in [1.54, 1.807) is 14.2 Å². The summed E-state index contributed by atoms with van der Waals surface area (Å²) in [6.45, 7) is 3.29. The van der Waals surface area contributed by atoms with Gasteiger partial charge in [0.2, 0.25) is 0 Å². The molecule has 0 N–H and O–H groups in total. The first-order valence-electron chi connectivity index (χ1n) is 7.27. The molecule has 0 aliphatic heterocycles. The smallest absolute Gasteiger partial charge is 0.163 e. The minimum absolute atomic E-state index is 0.363. The topological polar surface area (TPSA) is 36.3 Å². The van der Waals surface area contributed by atoms with Crippen LogP contribution in [0, 0.1) is 5.41 Å². The predicted molar refractivity (Wildman–Crippen MR) is 84.4 cm³/mol. The molecule has 1 aromatic carbocycles. The molecule has 0 radical (unpaired) electrons. The van der Waals surface area contributed by atoms with E-state index in [0.717, 1.165) is 29.2 Å². The third-order valence-electron chi connectivity index (χ3n) is 4.55. The number of aromatic nitrogens is 2.